The van der Waals surface area contributed by atoms with E-state index >= 15 is 0 Å². The van der Waals surface area contributed by atoms with Crippen molar-refractivity contribution in [3.05, 3.63) is 65.7 Å². The minimum atomic E-state index is -5.30. The van der Waals surface area contributed by atoms with Crippen LogP contribution in [0.1, 0.15) is 35.0 Å². The number of carbonyl (C=O) groups is 2. The van der Waals surface area contributed by atoms with Crippen LogP contribution in [0.15, 0.2) is 48.9 Å². The van der Waals surface area contributed by atoms with E-state index in [0.29, 0.717) is 16.6 Å². The highest BCUT2D eigenvalue weighted by molar-refractivity contribution is 6.10. The molecule has 16 heteroatoms. The van der Waals surface area contributed by atoms with Gasteiger partial charge in [0, 0.05) is 29.5 Å². The lowest BCUT2D eigenvalue weighted by atomic mass is 9.96. The van der Waals surface area contributed by atoms with Crippen molar-refractivity contribution in [2.75, 3.05) is 7.11 Å². The highest BCUT2D eigenvalue weighted by atomic mass is 19.4. The van der Waals surface area contributed by atoms with Crippen molar-refractivity contribution >= 4 is 17.3 Å². The Labute approximate surface area is 221 Å². The molecule has 0 aliphatic rings. The van der Waals surface area contributed by atoms with Crippen LogP contribution in [0.4, 0.5) is 26.3 Å². The van der Waals surface area contributed by atoms with Gasteiger partial charge in [0.2, 0.25) is 11.5 Å². The summed E-state index contributed by atoms with van der Waals surface area (Å²) in [7, 11) is 1.38. The molecule has 4 rings (SSSR count). The number of nitrogens with one attached hydrogen (secondary N) is 1. The standard InChI is InChI=1S/C24H20F6N6O4/c1-3-22(39,24(28,29)30)17-12-35(34-33-17)11-13-6-7-36-15(8-13)9-16(20(37)32-21(38)23(25,26)27)19(36)14-4-5-18(40-2)31-10-14/h4-10,12,39H,3,11H2,1-2H3,(H,32,37,38). The largest absolute Gasteiger partial charge is 0.481 e. The van der Waals surface area contributed by atoms with E-state index in [9.17, 15) is 41.0 Å². The molecule has 212 valence electrons. The first-order valence-electron chi connectivity index (χ1n) is 11.4. The number of hydrogen-bond acceptors (Lipinski definition) is 7. The number of alkyl halides is 6. The van der Waals surface area contributed by atoms with E-state index in [1.165, 1.54) is 59.6 Å². The summed E-state index contributed by atoms with van der Waals surface area (Å²) in [6.45, 7) is 1.05. The normalized spacial score (nSPS) is 13.7. The summed E-state index contributed by atoms with van der Waals surface area (Å²) in [5.41, 5.74) is -2.96. The fourth-order valence-corrected chi connectivity index (χ4v) is 3.95. The van der Waals surface area contributed by atoms with Crippen LogP contribution in [-0.2, 0) is 16.9 Å². The fourth-order valence-electron chi connectivity index (χ4n) is 3.95. The van der Waals surface area contributed by atoms with Crippen LogP contribution >= 0.6 is 0 Å². The van der Waals surface area contributed by atoms with Gasteiger partial charge in [-0.15, -0.1) is 5.10 Å². The minimum absolute atomic E-state index is 0.0974. The smallest absolute Gasteiger partial charge is 0.471 e. The number of halogens is 6. The fraction of sp³-hybridized carbons (Fsp3) is 0.292. The maximum absolute atomic E-state index is 13.4. The van der Waals surface area contributed by atoms with E-state index in [1.807, 2.05) is 0 Å². The van der Waals surface area contributed by atoms with Gasteiger partial charge in [-0.2, -0.15) is 26.3 Å². The molecule has 10 nitrogen and oxygen atoms in total. The van der Waals surface area contributed by atoms with E-state index in [0.717, 1.165) is 17.8 Å². The van der Waals surface area contributed by atoms with Crippen molar-refractivity contribution in [3.8, 4) is 17.1 Å². The predicted octanol–water partition coefficient (Wildman–Crippen LogP) is 3.63. The van der Waals surface area contributed by atoms with Crippen LogP contribution in [0.2, 0.25) is 0 Å². The molecule has 0 spiro atoms. The van der Waals surface area contributed by atoms with Gasteiger partial charge in [0.25, 0.3) is 5.91 Å². The van der Waals surface area contributed by atoms with Crippen LogP contribution in [0, 0.1) is 0 Å². The molecule has 0 saturated carbocycles. The summed E-state index contributed by atoms with van der Waals surface area (Å²) in [4.78, 5) is 28.2. The molecule has 1 unspecified atom stereocenters. The molecule has 0 aliphatic heterocycles. The Morgan fingerprint density at radius 3 is 2.40 bits per heavy atom. The van der Waals surface area contributed by atoms with Crippen LogP contribution < -0.4 is 10.1 Å². The Morgan fingerprint density at radius 1 is 1.10 bits per heavy atom. The second-order valence-electron chi connectivity index (χ2n) is 8.62. The molecule has 4 aromatic rings. The molecule has 0 saturated heterocycles. The molecular formula is C24H20F6N6O4. The molecule has 2 amide bonds. The summed E-state index contributed by atoms with van der Waals surface area (Å²) in [6, 6.07) is 7.27. The topological polar surface area (TPSA) is 124 Å². The molecule has 40 heavy (non-hydrogen) atoms. The molecule has 0 aliphatic carbocycles. The summed E-state index contributed by atoms with van der Waals surface area (Å²) >= 11 is 0. The van der Waals surface area contributed by atoms with Gasteiger partial charge in [-0.3, -0.25) is 14.9 Å². The van der Waals surface area contributed by atoms with Crippen molar-refractivity contribution in [1.82, 2.24) is 29.7 Å². The Balaban J connectivity index is 1.73. The zero-order chi connectivity index (χ0) is 29.5. The monoisotopic (exact) mass is 570 g/mol. The average Bonchev–Trinajstić information content (AvgIpc) is 3.52. The first-order valence-corrected chi connectivity index (χ1v) is 11.4. The highest BCUT2D eigenvalue weighted by Gasteiger charge is 2.55. The van der Waals surface area contributed by atoms with Crippen molar-refractivity contribution in [3.63, 3.8) is 0 Å². The van der Waals surface area contributed by atoms with Gasteiger partial charge < -0.3 is 14.2 Å². The zero-order valence-corrected chi connectivity index (χ0v) is 20.7. The second-order valence-corrected chi connectivity index (χ2v) is 8.62. The van der Waals surface area contributed by atoms with E-state index in [4.69, 9.17) is 4.74 Å². The molecule has 0 aromatic carbocycles. The van der Waals surface area contributed by atoms with E-state index in [-0.39, 0.29) is 23.7 Å². The minimum Gasteiger partial charge on any atom is -0.481 e. The number of aliphatic hydroxyl groups is 1. The van der Waals surface area contributed by atoms with Crippen LogP contribution in [0.25, 0.3) is 16.8 Å². The Bertz CT molecular complexity index is 1560. The van der Waals surface area contributed by atoms with E-state index in [2.05, 4.69) is 15.3 Å². The number of methoxy groups -OCH3 is 1. The predicted molar refractivity (Wildman–Crippen MR) is 125 cm³/mol. The van der Waals surface area contributed by atoms with Crippen molar-refractivity contribution in [2.45, 2.75) is 37.8 Å². The average molecular weight is 570 g/mol. The Kier molecular flexibility index (Phi) is 7.32. The molecule has 2 N–H and O–H groups in total. The number of imide groups is 1. The number of ether oxygens (including phenoxy) is 1. The lowest BCUT2D eigenvalue weighted by Crippen LogP contribution is -2.42. The number of hydrogen-bond donors (Lipinski definition) is 2. The Hall–Kier alpha value is -4.47. The molecule has 1 atom stereocenters. The highest BCUT2D eigenvalue weighted by Crippen LogP contribution is 2.40. The van der Waals surface area contributed by atoms with Gasteiger partial charge in [0.05, 0.1) is 31.1 Å². The third-order valence-corrected chi connectivity index (χ3v) is 6.07. The molecule has 0 bridgehead atoms. The van der Waals surface area contributed by atoms with Crippen molar-refractivity contribution < 1.29 is 45.8 Å². The first-order chi connectivity index (χ1) is 18.7. The molecule has 4 aromatic heterocycles. The summed E-state index contributed by atoms with van der Waals surface area (Å²) in [6.07, 6.45) is -7.21. The number of aromatic nitrogens is 5. The van der Waals surface area contributed by atoms with Gasteiger partial charge in [-0.25, -0.2) is 9.67 Å². The van der Waals surface area contributed by atoms with E-state index < -0.39 is 41.9 Å². The number of rotatable bonds is 7. The lowest BCUT2D eigenvalue weighted by Gasteiger charge is -2.26. The lowest BCUT2D eigenvalue weighted by molar-refractivity contribution is -0.269. The van der Waals surface area contributed by atoms with Crippen LogP contribution in [0.5, 0.6) is 5.88 Å². The van der Waals surface area contributed by atoms with Crippen molar-refractivity contribution in [1.29, 1.82) is 0 Å². The molecular weight excluding hydrogens is 550 g/mol. The molecule has 0 fully saturated rings. The first kappa shape index (κ1) is 28.5. The van der Waals surface area contributed by atoms with Crippen LogP contribution in [0.3, 0.4) is 0 Å². The maximum atomic E-state index is 13.4. The number of nitrogens with zero attached hydrogens (tertiary/aromatic N) is 5. The molecule has 0 radical (unpaired) electrons. The van der Waals surface area contributed by atoms with Gasteiger partial charge in [-0.1, -0.05) is 12.1 Å². The number of fused-ring (bicyclic) bond motifs is 1. The zero-order valence-electron chi connectivity index (χ0n) is 20.7. The molecule has 4 heterocycles. The van der Waals surface area contributed by atoms with Crippen molar-refractivity contribution in [2.24, 2.45) is 0 Å². The number of carbonyl (C=O) groups excluding carboxylic acids is 2. The van der Waals surface area contributed by atoms with Gasteiger partial charge in [0.15, 0.2) is 0 Å². The number of pyridine rings is 2. The Morgan fingerprint density at radius 2 is 1.82 bits per heavy atom. The van der Waals surface area contributed by atoms with Crippen LogP contribution in [-0.4, -0.2) is 60.8 Å². The van der Waals surface area contributed by atoms with Gasteiger partial charge in [0.1, 0.15) is 5.69 Å². The summed E-state index contributed by atoms with van der Waals surface area (Å²) in [5.74, 6) is -3.52. The summed E-state index contributed by atoms with van der Waals surface area (Å²) < 4.78 is 86.0. The SMILES string of the molecule is CCC(O)(c1cn(Cc2ccn3c(-c4ccc(OC)nc4)c(C(=O)NC(=O)C(F)(F)F)cc3c2)nn1)C(F)(F)F. The third kappa shape index (κ3) is 5.34. The van der Waals surface area contributed by atoms with Gasteiger partial charge >= 0.3 is 18.3 Å². The second kappa shape index (κ2) is 10.3. The third-order valence-electron chi connectivity index (χ3n) is 6.07. The van der Waals surface area contributed by atoms with E-state index in [1.54, 1.807) is 0 Å². The number of amides is 2. The quantitative estimate of drug-likeness (QED) is 0.326. The summed E-state index contributed by atoms with van der Waals surface area (Å²) in [5, 5.41) is 18.5. The maximum Gasteiger partial charge on any atom is 0.471 e. The van der Waals surface area contributed by atoms with Gasteiger partial charge in [-0.05, 0) is 36.2 Å².